The third kappa shape index (κ3) is 12.4. The van der Waals surface area contributed by atoms with E-state index < -0.39 is 11.6 Å². The molecule has 0 spiro atoms. The van der Waals surface area contributed by atoms with E-state index >= 15 is 0 Å². The van der Waals surface area contributed by atoms with Gasteiger partial charge in [0.1, 0.15) is 19.0 Å². The zero-order valence-corrected chi connectivity index (χ0v) is 27.7. The first-order valence-corrected chi connectivity index (χ1v) is 15.2. The molecule has 0 amide bonds. The number of ether oxygens (including phenoxy) is 2. The SMILES string of the molecule is CC.CC(C)(C)O.Cc1ncc(-c2ccc(OCCOc3ccc(Cl)cc3)nc2)c(N2CCC(C)(C)CC2)c1CC(=O)O. The second-order valence-electron chi connectivity index (χ2n) is 12.0. The summed E-state index contributed by atoms with van der Waals surface area (Å²) < 4.78 is 11.4. The van der Waals surface area contributed by atoms with Crippen molar-refractivity contribution in [2.75, 3.05) is 31.2 Å². The van der Waals surface area contributed by atoms with E-state index in [1.54, 1.807) is 39.1 Å². The number of carbonyl (C=O) groups is 1. The maximum absolute atomic E-state index is 11.7. The van der Waals surface area contributed by atoms with E-state index in [0.29, 0.717) is 24.1 Å². The fourth-order valence-electron chi connectivity index (χ4n) is 4.37. The van der Waals surface area contributed by atoms with Crippen LogP contribution in [-0.2, 0) is 11.2 Å². The molecule has 1 fully saturated rings. The van der Waals surface area contributed by atoms with Crippen LogP contribution in [0.5, 0.6) is 11.6 Å². The van der Waals surface area contributed by atoms with Crippen molar-refractivity contribution in [2.24, 2.45) is 5.41 Å². The van der Waals surface area contributed by atoms with E-state index in [4.69, 9.17) is 26.2 Å². The molecule has 0 atom stereocenters. The number of piperidine rings is 1. The van der Waals surface area contributed by atoms with Crippen LogP contribution in [-0.4, -0.2) is 58.1 Å². The number of pyridine rings is 2. The second kappa shape index (κ2) is 16.5. The molecular weight excluding hydrogens is 566 g/mol. The van der Waals surface area contributed by atoms with Crippen LogP contribution in [0.3, 0.4) is 0 Å². The summed E-state index contributed by atoms with van der Waals surface area (Å²) >= 11 is 5.89. The van der Waals surface area contributed by atoms with Crippen molar-refractivity contribution < 1.29 is 24.5 Å². The lowest BCUT2D eigenvalue weighted by molar-refractivity contribution is -0.136. The molecule has 1 aromatic carbocycles. The predicted molar refractivity (Wildman–Crippen MR) is 175 cm³/mol. The van der Waals surface area contributed by atoms with E-state index in [1.165, 1.54) is 0 Å². The van der Waals surface area contributed by atoms with Crippen molar-refractivity contribution in [2.45, 2.75) is 80.3 Å². The Morgan fingerprint density at radius 3 is 2.09 bits per heavy atom. The molecule has 2 N–H and O–H groups in total. The van der Waals surface area contributed by atoms with Gasteiger partial charge in [0.2, 0.25) is 5.88 Å². The maximum atomic E-state index is 11.7. The van der Waals surface area contributed by atoms with Crippen LogP contribution in [0.2, 0.25) is 5.02 Å². The molecule has 1 aliphatic heterocycles. The monoisotopic (exact) mass is 613 g/mol. The van der Waals surface area contributed by atoms with E-state index in [0.717, 1.165) is 59.8 Å². The van der Waals surface area contributed by atoms with Crippen molar-refractivity contribution in [3.63, 3.8) is 0 Å². The van der Waals surface area contributed by atoms with E-state index in [1.807, 2.05) is 51.2 Å². The van der Waals surface area contributed by atoms with Gasteiger partial charge in [0, 0.05) is 59.0 Å². The minimum Gasteiger partial charge on any atom is -0.490 e. The molecule has 43 heavy (non-hydrogen) atoms. The third-order valence-corrected chi connectivity index (χ3v) is 6.84. The van der Waals surface area contributed by atoms with Gasteiger partial charge in [-0.15, -0.1) is 0 Å². The molecule has 8 nitrogen and oxygen atoms in total. The zero-order valence-electron chi connectivity index (χ0n) is 26.9. The summed E-state index contributed by atoms with van der Waals surface area (Å²) in [5.74, 6) is 0.355. The highest BCUT2D eigenvalue weighted by Crippen LogP contribution is 2.39. The average molecular weight is 614 g/mol. The molecule has 9 heteroatoms. The minimum atomic E-state index is -0.863. The Bertz CT molecular complexity index is 1270. The molecule has 0 radical (unpaired) electrons. The molecule has 4 rings (SSSR count). The summed E-state index contributed by atoms with van der Waals surface area (Å²) in [5.41, 5.74) is 4.00. The first kappa shape index (κ1) is 35.8. The number of carboxylic acids is 1. The first-order chi connectivity index (χ1) is 20.2. The molecule has 236 valence electrons. The molecule has 0 aliphatic carbocycles. The summed E-state index contributed by atoms with van der Waals surface area (Å²) in [4.78, 5) is 23.0. The number of rotatable bonds is 9. The van der Waals surface area contributed by atoms with Gasteiger partial charge < -0.3 is 24.6 Å². The quantitative estimate of drug-likeness (QED) is 0.237. The Labute approximate surface area is 262 Å². The number of benzene rings is 1. The van der Waals surface area contributed by atoms with Crippen LogP contribution in [0, 0.1) is 12.3 Å². The molecule has 3 aromatic rings. The number of aliphatic hydroxyl groups is 1. The highest BCUT2D eigenvalue weighted by atomic mass is 35.5. The number of aromatic nitrogens is 2. The number of carboxylic acid groups (broad SMARTS) is 1. The van der Waals surface area contributed by atoms with Crippen LogP contribution in [0.1, 0.15) is 72.6 Å². The van der Waals surface area contributed by atoms with Crippen molar-refractivity contribution >= 4 is 23.3 Å². The Kier molecular flexibility index (Phi) is 13.7. The summed E-state index contributed by atoms with van der Waals surface area (Å²) in [6.07, 6.45) is 5.61. The largest absolute Gasteiger partial charge is 0.490 e. The fraction of sp³-hybridized carbons (Fsp3) is 0.500. The zero-order chi connectivity index (χ0) is 32.2. The number of nitrogens with zero attached hydrogens (tertiary/aromatic N) is 3. The van der Waals surface area contributed by atoms with Crippen molar-refractivity contribution in [3.8, 4) is 22.8 Å². The summed E-state index contributed by atoms with van der Waals surface area (Å²) in [6, 6.07) is 10.9. The Hall–Kier alpha value is -3.36. The lowest BCUT2D eigenvalue weighted by Crippen LogP contribution is -2.38. The smallest absolute Gasteiger partial charge is 0.307 e. The van der Waals surface area contributed by atoms with Crippen LogP contribution in [0.25, 0.3) is 11.1 Å². The third-order valence-electron chi connectivity index (χ3n) is 6.59. The second-order valence-corrected chi connectivity index (χ2v) is 12.4. The van der Waals surface area contributed by atoms with Gasteiger partial charge in [0.25, 0.3) is 0 Å². The standard InChI is InChI=1S/C28H32ClN3O4.C4H10O.C2H6/c1-19-23(16-26(33)34)27(32-12-10-28(2,3)11-13-32)24(18-30-19)20-4-9-25(31-17-20)36-15-14-35-22-7-5-21(29)6-8-22;1-4(2,3)5;1-2/h4-9,17-18H,10-16H2,1-3H3,(H,33,34);5H,1-3H3;1-2H3. The lowest BCUT2D eigenvalue weighted by atomic mass is 9.82. The van der Waals surface area contributed by atoms with Gasteiger partial charge in [-0.3, -0.25) is 9.78 Å². The number of hydrogen-bond donors (Lipinski definition) is 2. The average Bonchev–Trinajstić information content (AvgIpc) is 2.94. The van der Waals surface area contributed by atoms with E-state index in [2.05, 4.69) is 28.7 Å². The van der Waals surface area contributed by atoms with Gasteiger partial charge in [0.05, 0.1) is 17.7 Å². The number of anilines is 1. The van der Waals surface area contributed by atoms with E-state index in [9.17, 15) is 9.90 Å². The molecule has 0 unspecified atom stereocenters. The predicted octanol–water partition coefficient (Wildman–Crippen LogP) is 7.62. The van der Waals surface area contributed by atoms with Crippen LogP contribution >= 0.6 is 11.6 Å². The highest BCUT2D eigenvalue weighted by molar-refractivity contribution is 6.30. The van der Waals surface area contributed by atoms with Gasteiger partial charge in [-0.05, 0) is 76.3 Å². The van der Waals surface area contributed by atoms with Crippen molar-refractivity contribution in [1.29, 1.82) is 0 Å². The molecule has 3 heterocycles. The van der Waals surface area contributed by atoms with Crippen LogP contribution < -0.4 is 14.4 Å². The number of aliphatic carboxylic acids is 1. The minimum absolute atomic E-state index is 0.0653. The maximum Gasteiger partial charge on any atom is 0.307 e. The molecular formula is C34H48ClN3O5. The normalized spacial score (nSPS) is 14.0. The highest BCUT2D eigenvalue weighted by Gasteiger charge is 2.29. The summed E-state index contributed by atoms with van der Waals surface area (Å²) in [7, 11) is 0. The van der Waals surface area contributed by atoms with E-state index in [-0.39, 0.29) is 11.8 Å². The van der Waals surface area contributed by atoms with Gasteiger partial charge in [-0.2, -0.15) is 0 Å². The van der Waals surface area contributed by atoms with Gasteiger partial charge in [0.15, 0.2) is 0 Å². The first-order valence-electron chi connectivity index (χ1n) is 14.9. The van der Waals surface area contributed by atoms with Crippen LogP contribution in [0.4, 0.5) is 5.69 Å². The summed E-state index contributed by atoms with van der Waals surface area (Å²) in [6.45, 7) is 18.1. The van der Waals surface area contributed by atoms with Gasteiger partial charge in [-0.1, -0.05) is 39.3 Å². The number of aryl methyl sites for hydroxylation is 1. The molecule has 1 aliphatic rings. The number of halogens is 1. The molecule has 1 saturated heterocycles. The van der Waals surface area contributed by atoms with Gasteiger partial charge in [-0.25, -0.2) is 4.98 Å². The molecule has 0 bridgehead atoms. The van der Waals surface area contributed by atoms with Crippen molar-refractivity contribution in [3.05, 3.63) is 65.1 Å². The Balaban J connectivity index is 0.000000836. The summed E-state index contributed by atoms with van der Waals surface area (Å²) in [5, 5.41) is 18.8. The number of hydrogen-bond acceptors (Lipinski definition) is 7. The van der Waals surface area contributed by atoms with Crippen molar-refractivity contribution in [1.82, 2.24) is 9.97 Å². The van der Waals surface area contributed by atoms with Crippen LogP contribution in [0.15, 0.2) is 48.8 Å². The molecule has 2 aromatic heterocycles. The molecule has 0 saturated carbocycles. The Morgan fingerprint density at radius 2 is 1.56 bits per heavy atom. The van der Waals surface area contributed by atoms with Gasteiger partial charge >= 0.3 is 5.97 Å². The topological polar surface area (TPSA) is 105 Å². The fourth-order valence-corrected chi connectivity index (χ4v) is 4.49. The Morgan fingerprint density at radius 1 is 0.977 bits per heavy atom. The lowest BCUT2D eigenvalue weighted by Gasteiger charge is -2.40.